The summed E-state index contributed by atoms with van der Waals surface area (Å²) in [6.45, 7) is 2.00. The van der Waals surface area contributed by atoms with E-state index in [2.05, 4.69) is 0 Å². The predicted molar refractivity (Wildman–Crippen MR) is 94.8 cm³/mol. The fraction of sp³-hybridized carbons (Fsp3) is 0.579. The Bertz CT molecular complexity index is 716. The van der Waals surface area contributed by atoms with Gasteiger partial charge in [0.15, 0.2) is 6.61 Å². The SMILES string of the molecule is Cc1ccc(C(=O)OCC(=O)N2CCC[C@@H]3CCCC[C@@H]32)cc1[N+](=O)[O-]. The molecule has 7 heteroatoms. The molecule has 1 saturated heterocycles. The molecule has 0 aromatic heterocycles. The molecular weight excluding hydrogens is 336 g/mol. The molecule has 0 N–H and O–H groups in total. The number of ether oxygens (including phenoxy) is 1. The Morgan fingerprint density at radius 3 is 2.73 bits per heavy atom. The average molecular weight is 360 g/mol. The number of hydrogen-bond donors (Lipinski definition) is 0. The zero-order valence-corrected chi connectivity index (χ0v) is 15.0. The van der Waals surface area contributed by atoms with E-state index in [9.17, 15) is 19.7 Å². The van der Waals surface area contributed by atoms with Crippen LogP contribution in [0.2, 0.25) is 0 Å². The first-order valence-electron chi connectivity index (χ1n) is 9.19. The van der Waals surface area contributed by atoms with Crippen LogP contribution in [-0.2, 0) is 9.53 Å². The van der Waals surface area contributed by atoms with E-state index >= 15 is 0 Å². The highest BCUT2D eigenvalue weighted by atomic mass is 16.6. The molecule has 140 valence electrons. The van der Waals surface area contributed by atoms with Crippen LogP contribution in [0.3, 0.4) is 0 Å². The van der Waals surface area contributed by atoms with E-state index < -0.39 is 10.9 Å². The van der Waals surface area contributed by atoms with Crippen molar-refractivity contribution in [2.45, 2.75) is 51.5 Å². The number of fused-ring (bicyclic) bond motifs is 1. The maximum atomic E-state index is 12.6. The number of rotatable bonds is 4. The maximum Gasteiger partial charge on any atom is 0.338 e. The molecule has 3 rings (SSSR count). The van der Waals surface area contributed by atoms with Crippen molar-refractivity contribution >= 4 is 17.6 Å². The van der Waals surface area contributed by atoms with Gasteiger partial charge in [-0.25, -0.2) is 4.79 Å². The highest BCUT2D eigenvalue weighted by Gasteiger charge is 2.35. The Morgan fingerprint density at radius 2 is 1.96 bits per heavy atom. The smallest absolute Gasteiger partial charge is 0.338 e. The van der Waals surface area contributed by atoms with E-state index in [1.54, 1.807) is 6.92 Å². The van der Waals surface area contributed by atoms with Gasteiger partial charge in [-0.2, -0.15) is 0 Å². The Kier molecular flexibility index (Phi) is 5.54. The quantitative estimate of drug-likeness (QED) is 0.467. The van der Waals surface area contributed by atoms with Gasteiger partial charge in [-0.15, -0.1) is 0 Å². The molecule has 0 unspecified atom stereocenters. The molecular formula is C19H24N2O5. The summed E-state index contributed by atoms with van der Waals surface area (Å²) in [5.41, 5.74) is 0.426. The second-order valence-corrected chi connectivity index (χ2v) is 7.18. The molecule has 1 heterocycles. The lowest BCUT2D eigenvalue weighted by Gasteiger charge is -2.44. The van der Waals surface area contributed by atoms with E-state index in [0.717, 1.165) is 19.3 Å². The zero-order chi connectivity index (χ0) is 18.7. The highest BCUT2D eigenvalue weighted by molar-refractivity contribution is 5.92. The van der Waals surface area contributed by atoms with E-state index in [-0.39, 0.29) is 29.8 Å². The van der Waals surface area contributed by atoms with Gasteiger partial charge >= 0.3 is 5.97 Å². The summed E-state index contributed by atoms with van der Waals surface area (Å²) in [7, 11) is 0. The molecule has 26 heavy (non-hydrogen) atoms. The Morgan fingerprint density at radius 1 is 1.23 bits per heavy atom. The van der Waals surface area contributed by atoms with Crippen LogP contribution in [0.25, 0.3) is 0 Å². The molecule has 0 bridgehead atoms. The summed E-state index contributed by atoms with van der Waals surface area (Å²) in [5.74, 6) is -0.313. The number of nitro groups is 1. The molecule has 1 saturated carbocycles. The van der Waals surface area contributed by atoms with Gasteiger partial charge in [0, 0.05) is 24.2 Å². The van der Waals surface area contributed by atoms with Crippen molar-refractivity contribution in [1.29, 1.82) is 0 Å². The van der Waals surface area contributed by atoms with Crippen LogP contribution >= 0.6 is 0 Å². The number of nitro benzene ring substituents is 1. The van der Waals surface area contributed by atoms with Gasteiger partial charge in [-0.05, 0) is 44.6 Å². The zero-order valence-electron chi connectivity index (χ0n) is 15.0. The Balaban J connectivity index is 1.61. The van der Waals surface area contributed by atoms with Crippen molar-refractivity contribution < 1.29 is 19.2 Å². The van der Waals surface area contributed by atoms with E-state index in [4.69, 9.17) is 4.74 Å². The van der Waals surface area contributed by atoms with Crippen LogP contribution in [0.1, 0.15) is 54.4 Å². The molecule has 0 radical (unpaired) electrons. The number of carbonyl (C=O) groups excluding carboxylic acids is 2. The summed E-state index contributed by atoms with van der Waals surface area (Å²) < 4.78 is 5.14. The molecule has 0 spiro atoms. The lowest BCUT2D eigenvalue weighted by atomic mass is 9.78. The van der Waals surface area contributed by atoms with Crippen molar-refractivity contribution in [3.63, 3.8) is 0 Å². The van der Waals surface area contributed by atoms with Gasteiger partial charge in [0.1, 0.15) is 0 Å². The molecule has 2 aliphatic rings. The topological polar surface area (TPSA) is 89.8 Å². The third-order valence-corrected chi connectivity index (χ3v) is 5.53. The molecule has 1 aromatic carbocycles. The van der Waals surface area contributed by atoms with Crippen molar-refractivity contribution in [3.8, 4) is 0 Å². The van der Waals surface area contributed by atoms with Crippen molar-refractivity contribution in [2.24, 2.45) is 5.92 Å². The van der Waals surface area contributed by atoms with E-state index in [1.165, 1.54) is 37.5 Å². The van der Waals surface area contributed by atoms with Crippen molar-refractivity contribution in [2.75, 3.05) is 13.2 Å². The normalized spacial score (nSPS) is 22.4. The number of piperidine rings is 1. The van der Waals surface area contributed by atoms with Gasteiger partial charge < -0.3 is 9.64 Å². The van der Waals surface area contributed by atoms with Crippen LogP contribution < -0.4 is 0 Å². The fourth-order valence-corrected chi connectivity index (χ4v) is 4.16. The number of esters is 1. The summed E-state index contributed by atoms with van der Waals surface area (Å²) in [6, 6.07) is 4.45. The molecule has 1 aliphatic carbocycles. The highest BCUT2D eigenvalue weighted by Crippen LogP contribution is 2.35. The summed E-state index contributed by atoms with van der Waals surface area (Å²) in [5, 5.41) is 11.0. The third kappa shape index (κ3) is 3.86. The number of likely N-dealkylation sites (tertiary alicyclic amines) is 1. The van der Waals surface area contributed by atoms with Gasteiger partial charge in [0.25, 0.3) is 11.6 Å². The first kappa shape index (κ1) is 18.4. The average Bonchev–Trinajstić information content (AvgIpc) is 2.65. The number of amides is 1. The molecule has 2 atom stereocenters. The Hall–Kier alpha value is -2.44. The number of aryl methyl sites for hydroxylation is 1. The van der Waals surface area contributed by atoms with Crippen molar-refractivity contribution in [1.82, 2.24) is 4.90 Å². The van der Waals surface area contributed by atoms with Crippen molar-refractivity contribution in [3.05, 3.63) is 39.4 Å². The standard InChI is InChI=1S/C19H24N2O5/c1-13-8-9-15(11-17(13)21(24)25)19(23)26-12-18(22)20-10-4-6-14-5-2-3-7-16(14)20/h8-9,11,14,16H,2-7,10,12H2,1H3/t14-,16-/m0/s1. The van der Waals surface area contributed by atoms with Crippen LogP contribution in [0.4, 0.5) is 5.69 Å². The summed E-state index contributed by atoms with van der Waals surface area (Å²) in [4.78, 5) is 37.1. The molecule has 1 aliphatic heterocycles. The summed E-state index contributed by atoms with van der Waals surface area (Å²) >= 11 is 0. The molecule has 1 aromatic rings. The molecule has 2 fully saturated rings. The van der Waals surface area contributed by atoms with Crippen LogP contribution in [0.5, 0.6) is 0 Å². The second kappa shape index (κ2) is 7.85. The first-order valence-corrected chi connectivity index (χ1v) is 9.19. The van der Waals surface area contributed by atoms with Crippen LogP contribution in [0.15, 0.2) is 18.2 Å². The van der Waals surface area contributed by atoms with Crippen LogP contribution in [-0.4, -0.2) is 40.9 Å². The second-order valence-electron chi connectivity index (χ2n) is 7.18. The maximum absolute atomic E-state index is 12.6. The predicted octanol–water partition coefficient (Wildman–Crippen LogP) is 3.24. The third-order valence-electron chi connectivity index (χ3n) is 5.53. The largest absolute Gasteiger partial charge is 0.452 e. The number of nitrogens with zero attached hydrogens (tertiary/aromatic N) is 2. The minimum Gasteiger partial charge on any atom is -0.452 e. The fourth-order valence-electron chi connectivity index (χ4n) is 4.16. The number of carbonyl (C=O) groups is 2. The van der Waals surface area contributed by atoms with E-state index in [1.807, 2.05) is 4.90 Å². The Labute approximate surface area is 152 Å². The van der Waals surface area contributed by atoms with Gasteiger partial charge in [0.2, 0.25) is 0 Å². The van der Waals surface area contributed by atoms with Gasteiger partial charge in [0.05, 0.1) is 10.5 Å². The molecule has 1 amide bonds. The number of benzene rings is 1. The number of hydrogen-bond acceptors (Lipinski definition) is 5. The van der Waals surface area contributed by atoms with Gasteiger partial charge in [-0.1, -0.05) is 18.9 Å². The lowest BCUT2D eigenvalue weighted by molar-refractivity contribution is -0.385. The molecule has 7 nitrogen and oxygen atoms in total. The monoisotopic (exact) mass is 360 g/mol. The van der Waals surface area contributed by atoms with E-state index in [0.29, 0.717) is 18.0 Å². The summed E-state index contributed by atoms with van der Waals surface area (Å²) in [6.07, 6.45) is 6.71. The first-order chi connectivity index (χ1) is 12.5. The minimum atomic E-state index is -0.710. The minimum absolute atomic E-state index is 0.0873. The lowest BCUT2D eigenvalue weighted by Crippen LogP contribution is -2.50. The van der Waals surface area contributed by atoms with Gasteiger partial charge in [-0.3, -0.25) is 14.9 Å². The van der Waals surface area contributed by atoms with Crippen LogP contribution in [0, 0.1) is 23.0 Å².